The van der Waals surface area contributed by atoms with Crippen LogP contribution in [0.4, 0.5) is 0 Å². The SMILES string of the molecule is C[C@H](N1CCOCC1)S(=O)(=O)O. The fraction of sp³-hybridized carbons (Fsp3) is 1.00. The molecule has 0 saturated carbocycles. The van der Waals surface area contributed by atoms with Crippen molar-refractivity contribution >= 4 is 10.1 Å². The Kier molecular flexibility index (Phi) is 3.05. The van der Waals surface area contributed by atoms with Gasteiger partial charge in [-0.05, 0) is 6.92 Å². The number of rotatable bonds is 2. The van der Waals surface area contributed by atoms with Crippen molar-refractivity contribution in [2.24, 2.45) is 0 Å². The minimum atomic E-state index is -3.93. The summed E-state index contributed by atoms with van der Waals surface area (Å²) in [6.07, 6.45) is 0. The van der Waals surface area contributed by atoms with Crippen molar-refractivity contribution in [2.75, 3.05) is 26.3 Å². The van der Waals surface area contributed by atoms with Gasteiger partial charge in [0, 0.05) is 13.1 Å². The normalized spacial score (nSPS) is 23.8. The number of nitrogens with zero attached hydrogens (tertiary/aromatic N) is 1. The minimum absolute atomic E-state index is 0.528. The molecule has 72 valence electrons. The molecule has 1 heterocycles. The van der Waals surface area contributed by atoms with Gasteiger partial charge in [-0.1, -0.05) is 0 Å². The Morgan fingerprint density at radius 1 is 1.42 bits per heavy atom. The van der Waals surface area contributed by atoms with Crippen molar-refractivity contribution < 1.29 is 17.7 Å². The predicted molar refractivity (Wildman–Crippen MR) is 43.4 cm³/mol. The van der Waals surface area contributed by atoms with Gasteiger partial charge in [0.05, 0.1) is 13.2 Å². The standard InChI is InChI=1S/C6H13NO4S/c1-6(12(8,9)10)7-2-4-11-5-3-7/h6H,2-5H2,1H3,(H,8,9,10)/t6-/m1/s1. The Hall–Kier alpha value is -0.170. The lowest BCUT2D eigenvalue weighted by Crippen LogP contribution is -2.45. The quantitative estimate of drug-likeness (QED) is 0.605. The van der Waals surface area contributed by atoms with E-state index in [0.717, 1.165) is 0 Å². The van der Waals surface area contributed by atoms with E-state index in [-0.39, 0.29) is 0 Å². The molecule has 0 aromatic heterocycles. The third kappa shape index (κ3) is 2.41. The van der Waals surface area contributed by atoms with E-state index in [4.69, 9.17) is 9.29 Å². The molecule has 1 rings (SSSR count). The molecule has 6 heteroatoms. The second-order valence-corrected chi connectivity index (χ2v) is 4.47. The topological polar surface area (TPSA) is 66.8 Å². The van der Waals surface area contributed by atoms with E-state index in [1.165, 1.54) is 6.92 Å². The smallest absolute Gasteiger partial charge is 0.280 e. The molecular formula is C6H13NO4S. The molecular weight excluding hydrogens is 182 g/mol. The molecule has 1 aliphatic rings. The van der Waals surface area contributed by atoms with Crippen LogP contribution in [0.15, 0.2) is 0 Å². The fourth-order valence-electron chi connectivity index (χ4n) is 1.13. The van der Waals surface area contributed by atoms with Crippen molar-refractivity contribution in [1.29, 1.82) is 0 Å². The van der Waals surface area contributed by atoms with Crippen molar-refractivity contribution in [1.82, 2.24) is 4.90 Å². The van der Waals surface area contributed by atoms with Crippen LogP contribution in [0.3, 0.4) is 0 Å². The van der Waals surface area contributed by atoms with Crippen LogP contribution >= 0.6 is 0 Å². The van der Waals surface area contributed by atoms with Gasteiger partial charge in [0.15, 0.2) is 0 Å². The highest BCUT2D eigenvalue weighted by Crippen LogP contribution is 2.07. The lowest BCUT2D eigenvalue weighted by molar-refractivity contribution is 0.0325. The molecule has 1 aliphatic heterocycles. The lowest BCUT2D eigenvalue weighted by Gasteiger charge is -2.30. The van der Waals surface area contributed by atoms with E-state index in [1.54, 1.807) is 4.90 Å². The number of hydrogen-bond donors (Lipinski definition) is 1. The van der Waals surface area contributed by atoms with E-state index in [9.17, 15) is 8.42 Å². The molecule has 1 atom stereocenters. The summed E-state index contributed by atoms with van der Waals surface area (Å²) < 4.78 is 35.2. The molecule has 1 N–H and O–H groups in total. The zero-order valence-electron chi connectivity index (χ0n) is 6.93. The molecule has 0 bridgehead atoms. The van der Waals surface area contributed by atoms with E-state index in [1.807, 2.05) is 0 Å². The third-order valence-electron chi connectivity index (χ3n) is 1.99. The summed E-state index contributed by atoms with van der Waals surface area (Å²) in [4.78, 5) is 1.68. The van der Waals surface area contributed by atoms with E-state index in [0.29, 0.717) is 26.3 Å². The first-order valence-electron chi connectivity index (χ1n) is 3.80. The van der Waals surface area contributed by atoms with Crippen LogP contribution in [0.5, 0.6) is 0 Å². The minimum Gasteiger partial charge on any atom is -0.379 e. The molecule has 0 spiro atoms. The summed E-state index contributed by atoms with van der Waals surface area (Å²) in [5.74, 6) is 0. The Morgan fingerprint density at radius 3 is 2.33 bits per heavy atom. The first-order valence-corrected chi connectivity index (χ1v) is 5.30. The number of morpholine rings is 1. The Bertz CT molecular complexity index is 232. The van der Waals surface area contributed by atoms with Crippen LogP contribution in [0.2, 0.25) is 0 Å². The van der Waals surface area contributed by atoms with Crippen molar-refractivity contribution in [2.45, 2.75) is 12.3 Å². The van der Waals surface area contributed by atoms with Crippen molar-refractivity contribution in [3.8, 4) is 0 Å². The summed E-state index contributed by atoms with van der Waals surface area (Å²) in [6, 6.07) is 0. The van der Waals surface area contributed by atoms with Crippen molar-refractivity contribution in [3.63, 3.8) is 0 Å². The zero-order chi connectivity index (χ0) is 9.19. The fourth-order valence-corrected chi connectivity index (χ4v) is 1.72. The van der Waals surface area contributed by atoms with Gasteiger partial charge in [0.2, 0.25) is 0 Å². The Balaban J connectivity index is 2.57. The molecule has 0 aromatic rings. The van der Waals surface area contributed by atoms with Gasteiger partial charge in [-0.3, -0.25) is 9.45 Å². The monoisotopic (exact) mass is 195 g/mol. The van der Waals surface area contributed by atoms with Gasteiger partial charge in [-0.2, -0.15) is 8.42 Å². The molecule has 0 radical (unpaired) electrons. The second kappa shape index (κ2) is 3.69. The first-order chi connectivity index (χ1) is 5.52. The van der Waals surface area contributed by atoms with Crippen LogP contribution < -0.4 is 0 Å². The Labute approximate surface area is 72.1 Å². The van der Waals surface area contributed by atoms with Crippen LogP contribution in [0.25, 0.3) is 0 Å². The van der Waals surface area contributed by atoms with Crippen LogP contribution in [-0.2, 0) is 14.9 Å². The molecule has 0 unspecified atom stereocenters. The highest BCUT2D eigenvalue weighted by atomic mass is 32.2. The van der Waals surface area contributed by atoms with E-state index in [2.05, 4.69) is 0 Å². The van der Waals surface area contributed by atoms with E-state index >= 15 is 0 Å². The second-order valence-electron chi connectivity index (χ2n) is 2.76. The van der Waals surface area contributed by atoms with Crippen LogP contribution in [-0.4, -0.2) is 49.5 Å². The molecule has 12 heavy (non-hydrogen) atoms. The van der Waals surface area contributed by atoms with Crippen LogP contribution in [0, 0.1) is 0 Å². The number of ether oxygens (including phenoxy) is 1. The number of hydrogen-bond acceptors (Lipinski definition) is 4. The predicted octanol–water partition coefficient (Wildman–Crippen LogP) is -0.448. The maximum absolute atomic E-state index is 10.7. The van der Waals surface area contributed by atoms with Crippen LogP contribution in [0.1, 0.15) is 6.92 Å². The highest BCUT2D eigenvalue weighted by molar-refractivity contribution is 7.86. The van der Waals surface area contributed by atoms with Gasteiger partial charge in [0.25, 0.3) is 10.1 Å². The summed E-state index contributed by atoms with van der Waals surface area (Å²) in [7, 11) is -3.93. The van der Waals surface area contributed by atoms with E-state index < -0.39 is 15.5 Å². The molecule has 0 aromatic carbocycles. The molecule has 0 aliphatic carbocycles. The van der Waals surface area contributed by atoms with Gasteiger partial charge in [-0.15, -0.1) is 0 Å². The summed E-state index contributed by atoms with van der Waals surface area (Å²) in [6.45, 7) is 3.64. The highest BCUT2D eigenvalue weighted by Gasteiger charge is 2.26. The first kappa shape index (κ1) is 9.91. The lowest BCUT2D eigenvalue weighted by atomic mass is 10.4. The molecule has 5 nitrogen and oxygen atoms in total. The molecule has 1 fully saturated rings. The Morgan fingerprint density at radius 2 is 1.92 bits per heavy atom. The van der Waals surface area contributed by atoms with Gasteiger partial charge < -0.3 is 4.74 Å². The third-order valence-corrected chi connectivity index (χ3v) is 3.15. The maximum Gasteiger partial charge on any atom is 0.280 e. The maximum atomic E-state index is 10.7. The molecule has 0 amide bonds. The largest absolute Gasteiger partial charge is 0.379 e. The molecule has 1 saturated heterocycles. The zero-order valence-corrected chi connectivity index (χ0v) is 7.75. The summed E-state index contributed by atoms with van der Waals surface area (Å²) >= 11 is 0. The average molecular weight is 195 g/mol. The van der Waals surface area contributed by atoms with Gasteiger partial charge in [0.1, 0.15) is 5.37 Å². The summed E-state index contributed by atoms with van der Waals surface area (Å²) in [5, 5.41) is -0.818. The van der Waals surface area contributed by atoms with Gasteiger partial charge in [-0.25, -0.2) is 0 Å². The average Bonchev–Trinajstić information content (AvgIpc) is 2.03. The summed E-state index contributed by atoms with van der Waals surface area (Å²) in [5.41, 5.74) is 0. The van der Waals surface area contributed by atoms with Crippen molar-refractivity contribution in [3.05, 3.63) is 0 Å². The van der Waals surface area contributed by atoms with Gasteiger partial charge >= 0.3 is 0 Å².